The molecule has 0 saturated heterocycles. The quantitative estimate of drug-likeness (QED) is 0.335. The number of carbonyl (C=O) groups is 1. The number of fused-ring (bicyclic) bond motifs is 1. The summed E-state index contributed by atoms with van der Waals surface area (Å²) in [4.78, 5) is 11.8. The highest BCUT2D eigenvalue weighted by molar-refractivity contribution is 5.84. The zero-order valence-corrected chi connectivity index (χ0v) is 16.6. The van der Waals surface area contributed by atoms with E-state index in [2.05, 4.69) is 40.3 Å². The Morgan fingerprint density at radius 3 is 2.24 bits per heavy atom. The van der Waals surface area contributed by atoms with Crippen LogP contribution >= 0.6 is 0 Å². The largest absolute Gasteiger partial charge is 0.298 e. The van der Waals surface area contributed by atoms with E-state index in [1.807, 2.05) is 0 Å². The van der Waals surface area contributed by atoms with Crippen molar-refractivity contribution in [2.75, 3.05) is 0 Å². The average molecular weight is 339 g/mol. The molecule has 0 radical (unpaired) electrons. The molecule has 1 nitrogen and oxygen atoms in total. The Kier molecular flexibility index (Phi) is 7.23. The van der Waals surface area contributed by atoms with Crippen molar-refractivity contribution in [3.8, 4) is 0 Å². The fourth-order valence-electron chi connectivity index (χ4n) is 3.79. The number of allylic oxidation sites excluding steroid dienone is 3. The van der Waals surface area contributed by atoms with E-state index < -0.39 is 0 Å². The Balaban J connectivity index is 2.26. The topological polar surface area (TPSA) is 17.1 Å². The van der Waals surface area contributed by atoms with Crippen LogP contribution in [-0.2, 0) is 25.7 Å². The van der Waals surface area contributed by atoms with Gasteiger partial charge in [0.25, 0.3) is 0 Å². The monoisotopic (exact) mass is 338 g/mol. The summed E-state index contributed by atoms with van der Waals surface area (Å²) < 4.78 is 0. The third kappa shape index (κ3) is 4.71. The molecule has 1 aromatic carbocycles. The lowest BCUT2D eigenvalue weighted by Crippen LogP contribution is -2.04. The first kappa shape index (κ1) is 19.7. The first-order valence-corrected chi connectivity index (χ1v) is 10.0. The van der Waals surface area contributed by atoms with Gasteiger partial charge in [0.2, 0.25) is 0 Å². The number of aldehydes is 1. The predicted octanol–water partition coefficient (Wildman–Crippen LogP) is 6.54. The van der Waals surface area contributed by atoms with Crippen molar-refractivity contribution in [3.05, 3.63) is 57.2 Å². The lowest BCUT2D eigenvalue weighted by molar-refractivity contribution is 0.112. The van der Waals surface area contributed by atoms with E-state index in [-0.39, 0.29) is 0 Å². The second-order valence-electron chi connectivity index (χ2n) is 7.46. The zero-order valence-electron chi connectivity index (χ0n) is 16.6. The van der Waals surface area contributed by atoms with Crippen molar-refractivity contribution in [2.45, 2.75) is 85.5 Å². The molecule has 136 valence electrons. The first-order chi connectivity index (χ1) is 12.1. The van der Waals surface area contributed by atoms with Crippen molar-refractivity contribution < 1.29 is 4.79 Å². The molecule has 25 heavy (non-hydrogen) atoms. The van der Waals surface area contributed by atoms with E-state index in [4.69, 9.17) is 0 Å². The third-order valence-corrected chi connectivity index (χ3v) is 5.48. The van der Waals surface area contributed by atoms with Crippen LogP contribution in [-0.4, -0.2) is 6.29 Å². The highest BCUT2D eigenvalue weighted by atomic mass is 16.1. The van der Waals surface area contributed by atoms with Crippen molar-refractivity contribution >= 4 is 6.29 Å². The number of hydrogen-bond acceptors (Lipinski definition) is 1. The van der Waals surface area contributed by atoms with E-state index in [9.17, 15) is 4.79 Å². The molecule has 0 fully saturated rings. The fraction of sp³-hybridized carbons (Fsp3) is 0.542. The Labute approximate surface area is 154 Å². The van der Waals surface area contributed by atoms with Gasteiger partial charge in [0.05, 0.1) is 0 Å². The zero-order chi connectivity index (χ0) is 18.4. The van der Waals surface area contributed by atoms with E-state index >= 15 is 0 Å². The summed E-state index contributed by atoms with van der Waals surface area (Å²) in [5, 5.41) is 0. The van der Waals surface area contributed by atoms with Gasteiger partial charge in [-0.3, -0.25) is 4.79 Å². The Morgan fingerprint density at radius 2 is 1.64 bits per heavy atom. The minimum Gasteiger partial charge on any atom is -0.298 e. The van der Waals surface area contributed by atoms with Crippen molar-refractivity contribution in [1.29, 1.82) is 0 Å². The summed E-state index contributed by atoms with van der Waals surface area (Å²) >= 11 is 0. The number of hydrogen-bond donors (Lipinski definition) is 0. The van der Waals surface area contributed by atoms with Gasteiger partial charge in [-0.05, 0) is 79.7 Å². The van der Waals surface area contributed by atoms with Gasteiger partial charge in [-0.2, -0.15) is 0 Å². The van der Waals surface area contributed by atoms with Crippen LogP contribution in [0, 0.1) is 0 Å². The maximum Gasteiger partial charge on any atom is 0.150 e. The maximum atomic E-state index is 11.8. The molecule has 0 unspecified atom stereocenters. The molecule has 0 atom stereocenters. The van der Waals surface area contributed by atoms with E-state index in [1.165, 1.54) is 33.4 Å². The van der Waals surface area contributed by atoms with Gasteiger partial charge in [-0.15, -0.1) is 0 Å². The van der Waals surface area contributed by atoms with Gasteiger partial charge in [0.1, 0.15) is 0 Å². The van der Waals surface area contributed by atoms with Crippen LogP contribution in [0.2, 0.25) is 0 Å². The normalized spacial score (nSPS) is 12.9. The highest BCUT2D eigenvalue weighted by Gasteiger charge is 2.30. The number of rotatable bonds is 11. The molecule has 1 heteroatoms. The molecule has 0 amide bonds. The first-order valence-electron chi connectivity index (χ1n) is 10.0. The lowest BCUT2D eigenvalue weighted by atomic mass is 9.90. The Bertz CT molecular complexity index is 676. The smallest absolute Gasteiger partial charge is 0.150 e. The molecule has 2 rings (SSSR count). The standard InChI is InChI=1S/C24H34O/c1-6-9-19-21(14-13-18(5)12-11-17(4)8-3)23-15-22(23)20(10-7-2)24(19)16-25/h13,16H,4,6-12,14-15H2,1-3,5H3/b18-13+. The van der Waals surface area contributed by atoms with Gasteiger partial charge in [0.15, 0.2) is 6.29 Å². The number of carbonyl (C=O) groups excluding carboxylic acids is 1. The van der Waals surface area contributed by atoms with Gasteiger partial charge >= 0.3 is 0 Å². The Morgan fingerprint density at radius 1 is 1.00 bits per heavy atom. The maximum absolute atomic E-state index is 11.8. The third-order valence-electron chi connectivity index (χ3n) is 5.48. The van der Waals surface area contributed by atoms with Crippen molar-refractivity contribution in [1.82, 2.24) is 0 Å². The van der Waals surface area contributed by atoms with E-state index in [0.29, 0.717) is 0 Å². The molecule has 1 aliphatic carbocycles. The summed E-state index contributed by atoms with van der Waals surface area (Å²) in [6, 6.07) is 0. The molecule has 0 N–H and O–H groups in total. The summed E-state index contributed by atoms with van der Waals surface area (Å²) in [7, 11) is 0. The Hall–Kier alpha value is -1.63. The second kappa shape index (κ2) is 9.17. The molecule has 0 heterocycles. The molecular formula is C24H34O. The van der Waals surface area contributed by atoms with Crippen molar-refractivity contribution in [2.24, 2.45) is 0 Å². The molecule has 0 bridgehead atoms. The summed E-state index contributed by atoms with van der Waals surface area (Å²) in [6.45, 7) is 12.9. The van der Waals surface area contributed by atoms with Crippen LogP contribution in [0.4, 0.5) is 0 Å². The highest BCUT2D eigenvalue weighted by Crippen LogP contribution is 2.41. The molecule has 1 aromatic rings. The van der Waals surface area contributed by atoms with Crippen LogP contribution < -0.4 is 0 Å². The van der Waals surface area contributed by atoms with Gasteiger partial charge in [-0.25, -0.2) is 0 Å². The van der Waals surface area contributed by atoms with Crippen LogP contribution in [0.25, 0.3) is 0 Å². The molecule has 0 spiro atoms. The van der Waals surface area contributed by atoms with Crippen molar-refractivity contribution in [3.63, 3.8) is 0 Å². The van der Waals surface area contributed by atoms with E-state index in [1.54, 1.807) is 5.56 Å². The summed E-state index contributed by atoms with van der Waals surface area (Å²) in [6.07, 6.45) is 13.1. The second-order valence-corrected chi connectivity index (χ2v) is 7.46. The van der Waals surface area contributed by atoms with Crippen LogP contribution in [0.5, 0.6) is 0 Å². The SMILES string of the molecule is C=C(CC)CC/C(C)=C/Cc1c(CCC)c(C=O)c(CCC)c2c1C2. The minimum absolute atomic E-state index is 0.981. The lowest BCUT2D eigenvalue weighted by Gasteiger charge is -2.14. The molecule has 1 aliphatic rings. The van der Waals surface area contributed by atoms with Gasteiger partial charge in [0, 0.05) is 5.56 Å². The number of benzene rings is 1. The van der Waals surface area contributed by atoms with Crippen LogP contribution in [0.15, 0.2) is 23.8 Å². The van der Waals surface area contributed by atoms with Crippen LogP contribution in [0.3, 0.4) is 0 Å². The molecule has 0 saturated carbocycles. The molecule has 0 aliphatic heterocycles. The average Bonchev–Trinajstić information content (AvgIpc) is 3.40. The fourth-order valence-corrected chi connectivity index (χ4v) is 3.79. The van der Waals surface area contributed by atoms with Gasteiger partial charge < -0.3 is 0 Å². The van der Waals surface area contributed by atoms with Gasteiger partial charge in [-0.1, -0.05) is 57.4 Å². The molecular weight excluding hydrogens is 304 g/mol. The molecule has 0 aromatic heterocycles. The minimum atomic E-state index is 0.981. The summed E-state index contributed by atoms with van der Waals surface area (Å²) in [5.41, 5.74) is 10.9. The predicted molar refractivity (Wildman–Crippen MR) is 109 cm³/mol. The summed E-state index contributed by atoms with van der Waals surface area (Å²) in [5.74, 6) is 0. The van der Waals surface area contributed by atoms with E-state index in [0.717, 1.165) is 69.6 Å². The van der Waals surface area contributed by atoms with Crippen LogP contribution in [0.1, 0.15) is 98.0 Å².